The van der Waals surface area contributed by atoms with Crippen molar-refractivity contribution in [2.24, 2.45) is 11.8 Å². The average molecular weight is 1100 g/mol. The summed E-state index contributed by atoms with van der Waals surface area (Å²) < 4.78 is 18.2. The second-order valence-corrected chi connectivity index (χ2v) is 25.4. The molecular weight excluding hydrogens is 1020 g/mol. The number of anilines is 1. The van der Waals surface area contributed by atoms with Gasteiger partial charge in [-0.25, -0.2) is 4.79 Å². The monoisotopic (exact) mass is 1100 g/mol. The molecule has 1 aliphatic carbocycles. The lowest BCUT2D eigenvalue weighted by molar-refractivity contribution is -0.438. The Kier molecular flexibility index (Phi) is 19.5. The minimum atomic E-state index is -1.26. The molecule has 0 saturated carbocycles. The lowest BCUT2D eigenvalue weighted by atomic mass is 9.77. The fourth-order valence-corrected chi connectivity index (χ4v) is 14.2. The number of hydrogen-bond acceptors (Lipinski definition) is 9. The molecule has 0 amide bonds. The van der Waals surface area contributed by atoms with Gasteiger partial charge in [0.2, 0.25) is 5.69 Å². The van der Waals surface area contributed by atoms with Crippen LogP contribution in [0.5, 0.6) is 11.5 Å². The molecule has 0 bridgehead atoms. The number of nitrogens with zero attached hydrogens (tertiary/aromatic N) is 3. The first kappa shape index (κ1) is 59.2. The Morgan fingerprint density at radius 3 is 1.99 bits per heavy atom. The molecular formula is C68H85N3O6S2. The van der Waals surface area contributed by atoms with Crippen LogP contribution in [-0.2, 0) is 20.4 Å². The van der Waals surface area contributed by atoms with Crippen LogP contribution in [0.3, 0.4) is 0 Å². The van der Waals surface area contributed by atoms with Crippen LogP contribution in [-0.4, -0.2) is 53.4 Å². The van der Waals surface area contributed by atoms with E-state index in [4.69, 9.17) is 9.47 Å². The summed E-state index contributed by atoms with van der Waals surface area (Å²) in [5.41, 5.74) is 6.90. The van der Waals surface area contributed by atoms with Gasteiger partial charge in [0, 0.05) is 79.1 Å². The van der Waals surface area contributed by atoms with Crippen molar-refractivity contribution in [2.45, 2.75) is 183 Å². The predicted molar refractivity (Wildman–Crippen MR) is 328 cm³/mol. The maximum atomic E-state index is 14.5. The smallest absolute Gasteiger partial charge is 0.346 e. The van der Waals surface area contributed by atoms with E-state index in [1.165, 1.54) is 29.4 Å². The number of para-hydroxylation sites is 1. The van der Waals surface area contributed by atoms with Crippen LogP contribution in [0, 0.1) is 23.2 Å². The molecule has 3 aromatic carbocycles. The van der Waals surface area contributed by atoms with Gasteiger partial charge in [0.15, 0.2) is 11.5 Å². The fourth-order valence-electron chi connectivity index (χ4n) is 11.9. The first-order chi connectivity index (χ1) is 38.1. The van der Waals surface area contributed by atoms with Crippen molar-refractivity contribution in [3.8, 4) is 28.0 Å². The number of ether oxygens (including phenoxy) is 2. The van der Waals surface area contributed by atoms with E-state index in [0.29, 0.717) is 29.9 Å². The summed E-state index contributed by atoms with van der Waals surface area (Å²) in [7, 11) is 0. The van der Waals surface area contributed by atoms with Crippen molar-refractivity contribution in [1.82, 2.24) is 0 Å². The summed E-state index contributed by atoms with van der Waals surface area (Å²) in [6.45, 7) is 24.9. The third-order valence-corrected chi connectivity index (χ3v) is 19.3. The molecule has 0 saturated heterocycles. The van der Waals surface area contributed by atoms with E-state index in [9.17, 15) is 25.1 Å². The fraction of sp³-hybridized carbons (Fsp3) is 0.500. The number of rotatable bonds is 29. The summed E-state index contributed by atoms with van der Waals surface area (Å²) in [5.74, 6) is 0.605. The van der Waals surface area contributed by atoms with Gasteiger partial charge >= 0.3 is 5.97 Å². The molecule has 0 radical (unpaired) electrons. The molecule has 1 N–H and O–H groups in total. The number of carboxylic acids is 1. The van der Waals surface area contributed by atoms with Crippen molar-refractivity contribution in [1.29, 1.82) is 5.26 Å². The lowest BCUT2D eigenvalue weighted by Gasteiger charge is -2.33. The third kappa shape index (κ3) is 12.2. The Morgan fingerprint density at radius 2 is 1.38 bits per heavy atom. The Balaban J connectivity index is 1.22. The number of hydrogen-bond donors (Lipinski definition) is 1. The number of Topliss-reactive ketones (excluding diaryl/α,β-unsaturated/α-hetero) is 1. The minimum Gasteiger partial charge on any atom is -0.871 e. The van der Waals surface area contributed by atoms with Gasteiger partial charge in [-0.05, 0) is 105 Å². The van der Waals surface area contributed by atoms with Gasteiger partial charge in [0.1, 0.15) is 29.7 Å². The number of aliphatic carboxylic acids is 1. The number of nitriles is 1. The second-order valence-electron chi connectivity index (χ2n) is 23.3. The van der Waals surface area contributed by atoms with Crippen LogP contribution >= 0.6 is 22.7 Å². The summed E-state index contributed by atoms with van der Waals surface area (Å²) in [4.78, 5) is 30.6. The van der Waals surface area contributed by atoms with E-state index in [1.807, 2.05) is 24.3 Å². The molecule has 79 heavy (non-hydrogen) atoms. The largest absolute Gasteiger partial charge is 0.871 e. The molecule has 2 aliphatic heterocycles. The van der Waals surface area contributed by atoms with E-state index in [-0.39, 0.29) is 33.7 Å². The third-order valence-electron chi connectivity index (χ3n) is 17.0. The van der Waals surface area contributed by atoms with Crippen LogP contribution in [0.15, 0.2) is 94.9 Å². The van der Waals surface area contributed by atoms with Crippen LogP contribution in [0.4, 0.5) is 11.4 Å². The molecule has 9 nitrogen and oxygen atoms in total. The van der Waals surface area contributed by atoms with Crippen LogP contribution in [0.25, 0.3) is 36.7 Å². The molecule has 5 aromatic rings. The van der Waals surface area contributed by atoms with E-state index < -0.39 is 11.4 Å². The number of carbonyl (C=O) groups excluding carboxylic acids is 1. The number of carboxylic acid groups (broad SMARTS) is 1. The normalized spacial score (nSPS) is 17.5. The van der Waals surface area contributed by atoms with Crippen LogP contribution < -0.4 is 19.5 Å². The minimum absolute atomic E-state index is 0.191. The number of thiophene rings is 2. The molecule has 3 aliphatic rings. The SMILES string of the molecule is CCCCCCN1C(=CC2=C([O-])C(=CC3=[N+](CCCCCC)c4ccc(-c5cc6c(OCC(CC)CCCC)c7sc(C=C(C#N)C(=O)O)cc7c(OCC(CC)CCCC)c6s5)cc4C3(C)C)C2=O)C(C)(C)c2ccccc21. The maximum Gasteiger partial charge on any atom is 0.346 e. The number of ketones is 1. The Hall–Kier alpha value is -5.96. The Labute approximate surface area is 479 Å². The standard InChI is InChI=1S/C68H85N3O6S2/c1-11-17-21-25-33-70-55-30-24-23-29-53(55)67(7,8)58(70)39-49-60(72)50(61(49)73)40-59-68(9,10)54-36-46(31-32-56(54)71(59)34-26-22-18-12-2)57-38-52-63(77-43-45(16-6)28-20-14-4)64-51(37-48(78-64)35-47(41-69)66(74)75)62(65(52)79-57)76-42-44(15-5)27-19-13-3/h23-24,29-32,35-40,44-45H,11-22,25-28,33-34,42-43H2,1-10H3,(H-,72,73,74,75). The number of carbonyl (C=O) groups is 2. The van der Waals surface area contributed by atoms with Crippen molar-refractivity contribution < 1.29 is 33.9 Å². The van der Waals surface area contributed by atoms with Gasteiger partial charge in [0.25, 0.3) is 0 Å². The topological polar surface area (TPSA) is 126 Å². The second kappa shape index (κ2) is 26.1. The molecule has 2 aromatic heterocycles. The van der Waals surface area contributed by atoms with E-state index in [1.54, 1.807) is 11.3 Å². The highest BCUT2D eigenvalue weighted by molar-refractivity contribution is 7.23. The van der Waals surface area contributed by atoms with Gasteiger partial charge in [-0.3, -0.25) is 4.79 Å². The predicted octanol–water partition coefficient (Wildman–Crippen LogP) is 17.3. The molecule has 2 atom stereocenters. The quantitative estimate of drug-likeness (QED) is 0.0217. The summed E-state index contributed by atoms with van der Waals surface area (Å²) in [6.07, 6.45) is 22.7. The first-order valence-corrected chi connectivity index (χ1v) is 31.4. The molecule has 0 spiro atoms. The summed E-state index contributed by atoms with van der Waals surface area (Å²) in [6, 6.07) is 21.3. The molecule has 4 heterocycles. The zero-order valence-corrected chi connectivity index (χ0v) is 50.5. The molecule has 0 fully saturated rings. The van der Waals surface area contributed by atoms with Gasteiger partial charge < -0.3 is 24.6 Å². The molecule has 8 rings (SSSR count). The van der Waals surface area contributed by atoms with Gasteiger partial charge in [-0.1, -0.05) is 150 Å². The van der Waals surface area contributed by atoms with E-state index >= 15 is 0 Å². The highest BCUT2D eigenvalue weighted by atomic mass is 32.1. The number of fused-ring (bicyclic) bond motifs is 4. The van der Waals surface area contributed by atoms with E-state index in [2.05, 4.69) is 127 Å². The van der Waals surface area contributed by atoms with Crippen LogP contribution in [0.1, 0.15) is 188 Å². The van der Waals surface area contributed by atoms with Crippen molar-refractivity contribution in [2.75, 3.05) is 31.2 Å². The average Bonchev–Trinajstić information content (AvgIpc) is 4.20. The lowest BCUT2D eigenvalue weighted by Crippen LogP contribution is -2.35. The molecule has 420 valence electrons. The van der Waals surface area contributed by atoms with Crippen molar-refractivity contribution in [3.63, 3.8) is 0 Å². The summed E-state index contributed by atoms with van der Waals surface area (Å²) in [5, 5.41) is 36.0. The van der Waals surface area contributed by atoms with Crippen molar-refractivity contribution in [3.05, 3.63) is 111 Å². The number of unbranched alkanes of at least 4 members (excludes halogenated alkanes) is 8. The highest BCUT2D eigenvalue weighted by Gasteiger charge is 2.47. The van der Waals surface area contributed by atoms with Gasteiger partial charge in [0.05, 0.1) is 28.0 Å². The molecule has 2 unspecified atom stereocenters. The summed E-state index contributed by atoms with van der Waals surface area (Å²) >= 11 is 3.12. The maximum absolute atomic E-state index is 14.5. The Bertz CT molecular complexity index is 3190. The molecule has 11 heteroatoms. The van der Waals surface area contributed by atoms with E-state index in [0.717, 1.165) is 180 Å². The van der Waals surface area contributed by atoms with Crippen molar-refractivity contribution >= 4 is 77.8 Å². The van der Waals surface area contributed by atoms with Crippen LogP contribution in [0.2, 0.25) is 0 Å². The zero-order valence-electron chi connectivity index (χ0n) is 48.9. The zero-order chi connectivity index (χ0) is 56.6. The Morgan fingerprint density at radius 1 is 0.759 bits per heavy atom. The number of allylic oxidation sites excluding steroid dienone is 5. The van der Waals surface area contributed by atoms with Gasteiger partial charge in [-0.2, -0.15) is 9.84 Å². The highest BCUT2D eigenvalue weighted by Crippen LogP contribution is 2.54. The first-order valence-electron chi connectivity index (χ1n) is 29.8. The van der Waals surface area contributed by atoms with Gasteiger partial charge in [-0.15, -0.1) is 22.7 Å². The number of benzene rings is 3.